The number of nitrogens with two attached hydrogens (primary N) is 5. The Morgan fingerprint density at radius 3 is 1.56 bits per heavy atom. The Labute approximate surface area is 460 Å². The number of para-hydroxylation sites is 1. The van der Waals surface area contributed by atoms with Crippen molar-refractivity contribution in [3.05, 3.63) is 90.1 Å². The highest BCUT2D eigenvalue weighted by atomic mass is 32.1. The molecule has 0 saturated carbocycles. The molecule has 9 amide bonds. The van der Waals surface area contributed by atoms with Crippen LogP contribution in [0.4, 0.5) is 0 Å². The number of rotatable bonds is 32. The Bertz CT molecular complexity index is 2730. The van der Waals surface area contributed by atoms with Gasteiger partial charge < -0.3 is 81.2 Å². The summed E-state index contributed by atoms with van der Waals surface area (Å²) in [5, 5.41) is 21.7. The molecule has 29 heteroatoms. The molecule has 4 rings (SSSR count). The first-order valence-electron chi connectivity index (χ1n) is 24.8. The number of H-pyrrole nitrogens is 2. The third-order valence-corrected chi connectivity index (χ3v) is 12.6. The lowest BCUT2D eigenvalue weighted by Crippen LogP contribution is -2.61. The van der Waals surface area contributed by atoms with Gasteiger partial charge >= 0.3 is 0 Å². The summed E-state index contributed by atoms with van der Waals surface area (Å²) >= 11 is 8.37. The third-order valence-electron chi connectivity index (χ3n) is 11.9. The Morgan fingerprint density at radius 1 is 0.551 bits per heavy atom. The Kier molecular flexibility index (Phi) is 25.2. The molecule has 422 valence electrons. The van der Waals surface area contributed by atoms with E-state index in [0.717, 1.165) is 10.9 Å². The molecule has 0 unspecified atom stereocenters. The number of guanidine groups is 2. The Hall–Kier alpha value is -8.34. The highest BCUT2D eigenvalue weighted by Gasteiger charge is 2.34. The summed E-state index contributed by atoms with van der Waals surface area (Å²) in [7, 11) is 0. The van der Waals surface area contributed by atoms with Gasteiger partial charge in [-0.15, -0.1) is 0 Å². The van der Waals surface area contributed by atoms with E-state index in [1.807, 2.05) is 18.2 Å². The van der Waals surface area contributed by atoms with E-state index < -0.39 is 101 Å². The number of aromatic amines is 2. The largest absolute Gasteiger partial charge is 0.370 e. The second-order valence-electron chi connectivity index (χ2n) is 18.0. The van der Waals surface area contributed by atoms with Gasteiger partial charge in [0.15, 0.2) is 11.9 Å². The number of thiol groups is 2. The molecule has 2 heterocycles. The van der Waals surface area contributed by atoms with Crippen LogP contribution in [0.25, 0.3) is 10.9 Å². The van der Waals surface area contributed by atoms with Crippen molar-refractivity contribution in [2.75, 3.05) is 24.6 Å². The monoisotopic (exact) mass is 1120 g/mol. The minimum Gasteiger partial charge on any atom is -0.370 e. The fourth-order valence-corrected chi connectivity index (χ4v) is 8.37. The van der Waals surface area contributed by atoms with Crippen LogP contribution in [-0.4, -0.2) is 153 Å². The van der Waals surface area contributed by atoms with Crippen molar-refractivity contribution >= 4 is 101 Å². The summed E-state index contributed by atoms with van der Waals surface area (Å²) in [5.74, 6) is -7.70. The summed E-state index contributed by atoms with van der Waals surface area (Å²) in [5.41, 5.74) is 29.8. The van der Waals surface area contributed by atoms with Crippen LogP contribution in [0.3, 0.4) is 0 Å². The van der Waals surface area contributed by atoms with Gasteiger partial charge in [-0.05, 0) is 49.8 Å². The maximum absolute atomic E-state index is 14.6. The predicted octanol–water partition coefficient (Wildman–Crippen LogP) is -3.71. The zero-order valence-corrected chi connectivity index (χ0v) is 44.9. The molecule has 0 spiro atoms. The Morgan fingerprint density at radius 2 is 1.03 bits per heavy atom. The fourth-order valence-electron chi connectivity index (χ4n) is 7.84. The van der Waals surface area contributed by atoms with E-state index in [4.69, 9.17) is 28.7 Å². The first kappa shape index (κ1) is 62.2. The molecule has 78 heavy (non-hydrogen) atoms. The number of carbonyl (C=O) groups excluding carboxylic acids is 9. The number of amides is 9. The average Bonchev–Trinajstić information content (AvgIpc) is 4.10. The van der Waals surface area contributed by atoms with Gasteiger partial charge in [0.05, 0.1) is 6.33 Å². The topological polar surface area (TPSA) is 449 Å². The van der Waals surface area contributed by atoms with Crippen LogP contribution in [0, 0.1) is 0 Å². The maximum atomic E-state index is 14.6. The zero-order chi connectivity index (χ0) is 57.3. The lowest BCUT2D eigenvalue weighted by Gasteiger charge is -2.27. The van der Waals surface area contributed by atoms with Crippen LogP contribution in [0.5, 0.6) is 0 Å². The number of nitrogens with one attached hydrogen (secondary N) is 10. The van der Waals surface area contributed by atoms with Crippen LogP contribution in [0.15, 0.2) is 83.3 Å². The van der Waals surface area contributed by atoms with Crippen LogP contribution in [0.1, 0.15) is 56.4 Å². The molecule has 20 N–H and O–H groups in total. The molecule has 0 aliphatic heterocycles. The molecule has 4 aromatic rings. The average molecular weight is 1120 g/mol. The van der Waals surface area contributed by atoms with E-state index >= 15 is 0 Å². The van der Waals surface area contributed by atoms with Gasteiger partial charge in [-0.1, -0.05) is 48.5 Å². The summed E-state index contributed by atoms with van der Waals surface area (Å²) in [4.78, 5) is 140. The van der Waals surface area contributed by atoms with Gasteiger partial charge in [0, 0.05) is 79.8 Å². The standard InChI is InChI=1S/C49H70N18O9S2/c1-26(60-47(76)39(24-78)67-42(71)33(61-27(2)68)14-8-16-56-48(51)52)41(70)63-37(20-30-22-55-25-59-30)46(75)64-35(18-28-10-4-3-5-11-28)44(73)62-34(15-9-17-57-49(53)54)43(72)65-36(45(74)66-38(23-77)40(50)69)19-29-21-58-32-13-7-6-12-31(29)32/h3-7,10-13,21-22,25-26,33-39,58,77-78H,8-9,14-20,23-24H2,1-2H3,(H2,50,69)(H,55,59)(H,60,76)(H,61,68)(H,62,73)(H,63,70)(H,64,75)(H,65,72)(H,66,74)(H,67,71)(H4,51,52,56)(H4,53,54,57)/t26-,33-,34+,35-,36+,37+,38+,39+/m1/s1. The van der Waals surface area contributed by atoms with Crippen LogP contribution in [0.2, 0.25) is 0 Å². The van der Waals surface area contributed by atoms with Crippen LogP contribution >= 0.6 is 25.3 Å². The number of carbonyl (C=O) groups is 9. The van der Waals surface area contributed by atoms with Crippen molar-refractivity contribution in [1.29, 1.82) is 0 Å². The fraction of sp³-hybridized carbons (Fsp3) is 0.429. The highest BCUT2D eigenvalue weighted by molar-refractivity contribution is 7.80. The molecule has 0 radical (unpaired) electrons. The smallest absolute Gasteiger partial charge is 0.244 e. The van der Waals surface area contributed by atoms with Crippen LogP contribution < -0.4 is 71.2 Å². The molecule has 0 saturated heterocycles. The number of hydrogen-bond donors (Lipinski definition) is 17. The maximum Gasteiger partial charge on any atom is 0.244 e. The van der Waals surface area contributed by atoms with Crippen molar-refractivity contribution < 1.29 is 43.2 Å². The van der Waals surface area contributed by atoms with Crippen molar-refractivity contribution in [2.45, 2.75) is 107 Å². The second-order valence-corrected chi connectivity index (χ2v) is 18.8. The summed E-state index contributed by atoms with van der Waals surface area (Å²) in [6, 6.07) is 5.56. The van der Waals surface area contributed by atoms with E-state index in [2.05, 4.69) is 92.7 Å². The SMILES string of the molecule is CC(=O)N[C@H](CCCN=C(N)N)C(=O)N[C@@H](CS)C(=O)N[C@H](C)C(=O)N[C@@H](Cc1cnc[nH]1)C(=O)N[C@H](Cc1ccccc1)C(=O)N[C@@H](CCCN=C(N)N)C(=O)N[C@@H](Cc1c[nH]c2ccccc12)C(=O)N[C@@H](CS)C(N)=O. The number of benzene rings is 2. The lowest BCUT2D eigenvalue weighted by molar-refractivity contribution is -0.135. The van der Waals surface area contributed by atoms with Gasteiger partial charge in [-0.25, -0.2) is 4.98 Å². The van der Waals surface area contributed by atoms with Gasteiger partial charge in [-0.3, -0.25) is 53.1 Å². The van der Waals surface area contributed by atoms with Crippen LogP contribution in [-0.2, 0) is 62.4 Å². The second kappa shape index (κ2) is 31.6. The predicted molar refractivity (Wildman–Crippen MR) is 298 cm³/mol. The Balaban J connectivity index is 1.59. The van der Waals surface area contributed by atoms with Crippen molar-refractivity contribution in [3.8, 4) is 0 Å². The molecule has 2 aromatic carbocycles. The lowest BCUT2D eigenvalue weighted by atomic mass is 10.0. The number of aromatic nitrogens is 3. The minimum atomic E-state index is -1.41. The number of nitrogens with zero attached hydrogens (tertiary/aromatic N) is 3. The summed E-state index contributed by atoms with van der Waals surface area (Å²) in [6.07, 6.45) is 4.62. The molecular formula is C49H70N18O9S2. The molecule has 2 aromatic heterocycles. The number of hydrogen-bond acceptors (Lipinski definition) is 14. The molecule has 8 atom stereocenters. The van der Waals surface area contributed by atoms with E-state index in [9.17, 15) is 43.2 Å². The number of primary amides is 1. The van der Waals surface area contributed by atoms with Gasteiger partial charge in [-0.2, -0.15) is 25.3 Å². The van der Waals surface area contributed by atoms with Gasteiger partial charge in [0.2, 0.25) is 53.2 Å². The van der Waals surface area contributed by atoms with Gasteiger partial charge in [0.25, 0.3) is 0 Å². The quantitative estimate of drug-likeness (QED) is 0.00969. The molecular weight excluding hydrogens is 1050 g/mol. The van der Waals surface area contributed by atoms with E-state index in [0.29, 0.717) is 23.2 Å². The third kappa shape index (κ3) is 20.7. The molecule has 0 bridgehead atoms. The highest BCUT2D eigenvalue weighted by Crippen LogP contribution is 2.20. The normalized spacial score (nSPS) is 14.0. The van der Waals surface area contributed by atoms with Crippen molar-refractivity contribution in [3.63, 3.8) is 0 Å². The first-order chi connectivity index (χ1) is 37.2. The molecule has 0 aliphatic rings. The molecule has 0 aliphatic carbocycles. The molecule has 27 nitrogen and oxygen atoms in total. The minimum absolute atomic E-state index is 0.0489. The molecule has 0 fully saturated rings. The van der Waals surface area contributed by atoms with E-state index in [1.165, 1.54) is 26.4 Å². The van der Waals surface area contributed by atoms with Crippen molar-refractivity contribution in [1.82, 2.24) is 57.5 Å². The van der Waals surface area contributed by atoms with E-state index in [1.54, 1.807) is 42.6 Å². The number of fused-ring (bicyclic) bond motifs is 1. The summed E-state index contributed by atoms with van der Waals surface area (Å²) in [6.45, 7) is 2.79. The first-order valence-corrected chi connectivity index (χ1v) is 26.0. The van der Waals surface area contributed by atoms with Gasteiger partial charge in [0.1, 0.15) is 48.3 Å². The zero-order valence-electron chi connectivity index (χ0n) is 43.1. The van der Waals surface area contributed by atoms with E-state index in [-0.39, 0.29) is 75.0 Å². The number of aliphatic imine (C=N–C) groups is 2. The number of imidazole rings is 1. The van der Waals surface area contributed by atoms with Crippen molar-refractivity contribution in [2.24, 2.45) is 38.7 Å². The summed E-state index contributed by atoms with van der Waals surface area (Å²) < 4.78 is 0.